The van der Waals surface area contributed by atoms with Crippen LogP contribution in [0.5, 0.6) is 0 Å². The van der Waals surface area contributed by atoms with Crippen molar-refractivity contribution in [1.29, 1.82) is 0 Å². The van der Waals surface area contributed by atoms with Crippen LogP contribution in [0, 0.1) is 5.92 Å². The first-order valence-electron chi connectivity index (χ1n) is 5.86. The summed E-state index contributed by atoms with van der Waals surface area (Å²) in [7, 11) is -3.66. The van der Waals surface area contributed by atoms with Crippen LogP contribution in [0.4, 0.5) is 5.69 Å². The quantitative estimate of drug-likeness (QED) is 0.532. The van der Waals surface area contributed by atoms with E-state index in [-0.39, 0.29) is 22.7 Å². The Balaban J connectivity index is 3.06. The van der Waals surface area contributed by atoms with Crippen LogP contribution in [-0.2, 0) is 10.0 Å². The van der Waals surface area contributed by atoms with E-state index in [1.807, 2.05) is 20.8 Å². The number of anilines is 1. The molecular weight excluding hydrogens is 252 g/mol. The predicted octanol–water partition coefficient (Wildman–Crippen LogP) is 1.08. The average molecular weight is 272 g/mol. The van der Waals surface area contributed by atoms with E-state index in [0.29, 0.717) is 0 Å². The van der Waals surface area contributed by atoms with Crippen LogP contribution in [0.3, 0.4) is 0 Å². The van der Waals surface area contributed by atoms with Crippen molar-refractivity contribution in [3.8, 4) is 0 Å². The van der Waals surface area contributed by atoms with Crippen LogP contribution >= 0.6 is 0 Å². The van der Waals surface area contributed by atoms with Gasteiger partial charge >= 0.3 is 0 Å². The highest BCUT2D eigenvalue weighted by Gasteiger charge is 2.24. The van der Waals surface area contributed by atoms with Crippen LogP contribution < -0.4 is 16.0 Å². The smallest absolute Gasteiger partial charge is 0.260 e. The Morgan fingerprint density at radius 3 is 2.61 bits per heavy atom. The molecule has 4 N–H and O–H groups in total. The van der Waals surface area contributed by atoms with Gasteiger partial charge in [0, 0.05) is 12.2 Å². The first-order chi connectivity index (χ1) is 8.42. The van der Waals surface area contributed by atoms with Crippen molar-refractivity contribution in [2.24, 2.45) is 11.8 Å². The molecule has 0 radical (unpaired) electrons. The van der Waals surface area contributed by atoms with E-state index in [0.717, 1.165) is 6.42 Å². The third kappa shape index (κ3) is 3.41. The maximum Gasteiger partial charge on any atom is 0.260 e. The number of hydrazine groups is 1. The molecule has 1 unspecified atom stereocenters. The predicted molar refractivity (Wildman–Crippen MR) is 71.3 cm³/mol. The zero-order valence-electron chi connectivity index (χ0n) is 10.8. The molecule has 1 aromatic rings. The minimum Gasteiger partial charge on any atom is -0.321 e. The summed E-state index contributed by atoms with van der Waals surface area (Å²) < 4.78 is 27.1. The van der Waals surface area contributed by atoms with Gasteiger partial charge in [-0.15, -0.1) is 0 Å². The molecule has 0 fully saturated rings. The number of nitrogens with two attached hydrogens (primary N) is 1. The highest BCUT2D eigenvalue weighted by molar-refractivity contribution is 7.89. The zero-order chi connectivity index (χ0) is 13.8. The number of nitrogen functional groups attached to an aromatic ring is 1. The van der Waals surface area contributed by atoms with E-state index in [1.54, 1.807) is 12.1 Å². The van der Waals surface area contributed by atoms with Gasteiger partial charge in [-0.2, -0.15) is 0 Å². The third-order valence-corrected chi connectivity index (χ3v) is 4.18. The van der Waals surface area contributed by atoms with Crippen LogP contribution in [-0.4, -0.2) is 19.4 Å². The van der Waals surface area contributed by atoms with E-state index >= 15 is 0 Å². The number of nitrogens with one attached hydrogen (secondary N) is 2. The Hall–Kier alpha value is -1.18. The van der Waals surface area contributed by atoms with E-state index in [9.17, 15) is 8.42 Å². The number of nitrogens with zero attached hydrogens (tertiary/aromatic N) is 1. The second-order valence-corrected chi connectivity index (χ2v) is 6.01. The van der Waals surface area contributed by atoms with Gasteiger partial charge in [0.2, 0.25) is 0 Å². The van der Waals surface area contributed by atoms with Gasteiger partial charge in [0.1, 0.15) is 0 Å². The summed E-state index contributed by atoms with van der Waals surface area (Å²) in [4.78, 5) is 3.87. The highest BCUT2D eigenvalue weighted by Crippen LogP contribution is 2.18. The van der Waals surface area contributed by atoms with Crippen molar-refractivity contribution < 1.29 is 8.42 Å². The van der Waals surface area contributed by atoms with Gasteiger partial charge in [-0.1, -0.05) is 20.8 Å². The second kappa shape index (κ2) is 6.12. The van der Waals surface area contributed by atoms with Gasteiger partial charge in [0.25, 0.3) is 10.0 Å². The van der Waals surface area contributed by atoms with E-state index in [4.69, 9.17) is 5.84 Å². The summed E-state index contributed by atoms with van der Waals surface area (Å²) >= 11 is 0. The molecule has 0 aliphatic heterocycles. The lowest BCUT2D eigenvalue weighted by Crippen LogP contribution is -2.38. The van der Waals surface area contributed by atoms with Gasteiger partial charge in [0.15, 0.2) is 5.03 Å². The van der Waals surface area contributed by atoms with Gasteiger partial charge in [0.05, 0.1) is 5.69 Å². The van der Waals surface area contributed by atoms with E-state index in [1.165, 1.54) is 6.20 Å². The van der Waals surface area contributed by atoms with Gasteiger partial charge in [-0.25, -0.2) is 18.1 Å². The van der Waals surface area contributed by atoms with Crippen LogP contribution in [0.1, 0.15) is 27.2 Å². The number of aromatic nitrogens is 1. The van der Waals surface area contributed by atoms with Gasteiger partial charge in [-0.05, 0) is 24.5 Å². The van der Waals surface area contributed by atoms with Crippen LogP contribution in [0.25, 0.3) is 0 Å². The minimum atomic E-state index is -3.66. The van der Waals surface area contributed by atoms with Crippen molar-refractivity contribution in [2.75, 3.05) is 5.43 Å². The third-order valence-electron chi connectivity index (χ3n) is 2.73. The second-order valence-electron chi connectivity index (χ2n) is 4.38. The van der Waals surface area contributed by atoms with Crippen molar-refractivity contribution in [1.82, 2.24) is 9.71 Å². The molecule has 0 spiro atoms. The zero-order valence-corrected chi connectivity index (χ0v) is 11.7. The first-order valence-corrected chi connectivity index (χ1v) is 7.34. The topological polar surface area (TPSA) is 97.1 Å². The number of hydrogen-bond donors (Lipinski definition) is 3. The molecule has 0 aliphatic carbocycles. The number of pyridine rings is 1. The Morgan fingerprint density at radius 2 is 2.11 bits per heavy atom. The maximum absolute atomic E-state index is 12.2. The molecular formula is C11H20N4O2S. The van der Waals surface area contributed by atoms with Crippen LogP contribution in [0.15, 0.2) is 23.4 Å². The highest BCUT2D eigenvalue weighted by atomic mass is 32.2. The van der Waals surface area contributed by atoms with Crippen molar-refractivity contribution in [3.05, 3.63) is 18.3 Å². The number of hydrogen-bond acceptors (Lipinski definition) is 5. The number of sulfonamides is 1. The minimum absolute atomic E-state index is 0.0772. The molecule has 18 heavy (non-hydrogen) atoms. The van der Waals surface area contributed by atoms with Crippen LogP contribution in [0.2, 0.25) is 0 Å². The molecule has 0 aromatic carbocycles. The monoisotopic (exact) mass is 272 g/mol. The van der Waals surface area contributed by atoms with E-state index < -0.39 is 10.0 Å². The molecule has 0 saturated carbocycles. The fourth-order valence-electron chi connectivity index (χ4n) is 1.66. The normalized spacial score (nSPS) is 13.6. The van der Waals surface area contributed by atoms with Crippen molar-refractivity contribution in [2.45, 2.75) is 38.3 Å². The molecule has 0 aliphatic rings. The molecule has 102 valence electrons. The lowest BCUT2D eigenvalue weighted by molar-refractivity contribution is 0.436. The summed E-state index contributed by atoms with van der Waals surface area (Å²) in [5.41, 5.74) is 2.62. The summed E-state index contributed by atoms with van der Waals surface area (Å²) in [6.45, 7) is 5.88. The SMILES string of the molecule is CCC(NS(=O)(=O)c1ncccc1NN)C(C)C. The Bertz CT molecular complexity index is 488. The molecule has 1 heterocycles. The molecule has 0 bridgehead atoms. The molecule has 1 rings (SSSR count). The number of rotatable bonds is 6. The fourth-order valence-corrected chi connectivity index (χ4v) is 3.23. The summed E-state index contributed by atoms with van der Waals surface area (Å²) in [5, 5.41) is -0.0772. The fraction of sp³-hybridized carbons (Fsp3) is 0.545. The molecule has 0 saturated heterocycles. The molecule has 0 amide bonds. The standard InChI is InChI=1S/C11H20N4O2S/c1-4-9(8(2)3)15-18(16,17)11-10(14-12)6-5-7-13-11/h5-9,14-15H,4,12H2,1-3H3. The molecule has 6 nitrogen and oxygen atoms in total. The maximum atomic E-state index is 12.2. The molecule has 1 aromatic heterocycles. The Kier molecular flexibility index (Phi) is 5.06. The largest absolute Gasteiger partial charge is 0.321 e. The summed E-state index contributed by atoms with van der Waals surface area (Å²) in [6, 6.07) is 3.06. The molecule has 1 atom stereocenters. The lowest BCUT2D eigenvalue weighted by Gasteiger charge is -2.20. The van der Waals surface area contributed by atoms with E-state index in [2.05, 4.69) is 15.1 Å². The lowest BCUT2D eigenvalue weighted by atomic mass is 10.0. The summed E-state index contributed by atoms with van der Waals surface area (Å²) in [5.74, 6) is 5.50. The Labute approximate surface area is 108 Å². The van der Waals surface area contributed by atoms with Gasteiger partial charge in [-0.3, -0.25) is 5.84 Å². The average Bonchev–Trinajstić information content (AvgIpc) is 2.35. The van der Waals surface area contributed by atoms with Gasteiger partial charge < -0.3 is 5.43 Å². The molecule has 7 heteroatoms. The van der Waals surface area contributed by atoms with Crippen molar-refractivity contribution >= 4 is 15.7 Å². The first kappa shape index (κ1) is 14.9. The van der Waals surface area contributed by atoms with Crippen molar-refractivity contribution in [3.63, 3.8) is 0 Å². The summed E-state index contributed by atoms with van der Waals surface area (Å²) in [6.07, 6.45) is 2.14. The Morgan fingerprint density at radius 1 is 1.44 bits per heavy atom.